The van der Waals surface area contributed by atoms with Crippen molar-refractivity contribution in [2.45, 2.75) is 0 Å². The van der Waals surface area contributed by atoms with Gasteiger partial charge in [-0.25, -0.2) is 0 Å². The second kappa shape index (κ2) is 6.00. The van der Waals surface area contributed by atoms with Gasteiger partial charge in [-0.2, -0.15) is 0 Å². The van der Waals surface area contributed by atoms with Gasteiger partial charge in [0.25, 0.3) is 0 Å². The van der Waals surface area contributed by atoms with Gasteiger partial charge < -0.3 is 14.5 Å². The fraction of sp³-hybridized carbons (Fsp3) is 0.0769. The molecule has 86 valence electrons. The van der Waals surface area contributed by atoms with E-state index in [0.29, 0.717) is 11.3 Å². The molecule has 0 saturated heterocycles. The van der Waals surface area contributed by atoms with Crippen molar-refractivity contribution in [1.29, 1.82) is 0 Å². The van der Waals surface area contributed by atoms with Crippen LogP contribution in [0.1, 0.15) is 26.4 Å². The molecule has 0 spiro atoms. The molecule has 4 nitrogen and oxygen atoms in total. The summed E-state index contributed by atoms with van der Waals surface area (Å²) in [5, 5.41) is 10.7. The van der Waals surface area contributed by atoms with Crippen LogP contribution in [0.4, 0.5) is 0 Å². The predicted molar refractivity (Wildman–Crippen MR) is 59.6 cm³/mol. The van der Waals surface area contributed by atoms with Crippen LogP contribution in [0.5, 0.6) is 0 Å². The molecule has 2 rings (SSSR count). The zero-order valence-electron chi connectivity index (χ0n) is 10.2. The van der Waals surface area contributed by atoms with Crippen molar-refractivity contribution in [2.75, 3.05) is 0 Å². The largest absolute Gasteiger partial charge is 1.00 e. The maximum atomic E-state index is 12.1. The first-order chi connectivity index (χ1) is 8.09. The van der Waals surface area contributed by atoms with Gasteiger partial charge in [-0.05, 0) is 6.07 Å². The number of aryl methyl sites for hydroxylation is 1. The summed E-state index contributed by atoms with van der Waals surface area (Å²) in [5.74, 6) is -1.49. The van der Waals surface area contributed by atoms with E-state index >= 15 is 0 Å². The van der Waals surface area contributed by atoms with Gasteiger partial charge in [-0.1, -0.05) is 30.3 Å². The van der Waals surface area contributed by atoms with Gasteiger partial charge in [-0.3, -0.25) is 4.79 Å². The summed E-state index contributed by atoms with van der Waals surface area (Å²) in [6.07, 6.45) is 1.37. The van der Waals surface area contributed by atoms with Crippen LogP contribution < -0.4 is 34.7 Å². The maximum absolute atomic E-state index is 12.1. The maximum Gasteiger partial charge on any atom is 1.00 e. The van der Waals surface area contributed by atoms with Crippen LogP contribution in [0.25, 0.3) is 0 Å². The molecule has 0 aliphatic rings. The van der Waals surface area contributed by atoms with Crippen LogP contribution in [0.3, 0.4) is 0 Å². The number of carbonyl (C=O) groups is 2. The Kier molecular flexibility index (Phi) is 4.90. The van der Waals surface area contributed by atoms with Crippen molar-refractivity contribution in [3.63, 3.8) is 0 Å². The SMILES string of the molecule is Cn1cc(C(=O)[O-])cc1C(=O)c1ccccc1.[Na+]. The smallest absolute Gasteiger partial charge is 0.545 e. The number of rotatable bonds is 3. The van der Waals surface area contributed by atoms with Gasteiger partial charge in [0, 0.05) is 24.4 Å². The van der Waals surface area contributed by atoms with Crippen molar-refractivity contribution in [1.82, 2.24) is 4.57 Å². The van der Waals surface area contributed by atoms with E-state index in [9.17, 15) is 14.7 Å². The van der Waals surface area contributed by atoms with Crippen LogP contribution in [-0.2, 0) is 7.05 Å². The normalized spacial score (nSPS) is 9.61. The van der Waals surface area contributed by atoms with Gasteiger partial charge >= 0.3 is 29.6 Å². The summed E-state index contributed by atoms with van der Waals surface area (Å²) in [4.78, 5) is 22.8. The van der Waals surface area contributed by atoms with Gasteiger partial charge in [0.2, 0.25) is 5.78 Å². The van der Waals surface area contributed by atoms with Crippen LogP contribution >= 0.6 is 0 Å². The molecular formula is C13H10NNaO3. The number of benzene rings is 1. The Morgan fingerprint density at radius 3 is 2.22 bits per heavy atom. The molecule has 0 radical (unpaired) electrons. The van der Waals surface area contributed by atoms with Crippen molar-refractivity contribution < 1.29 is 44.3 Å². The molecule has 5 heteroatoms. The molecule has 1 heterocycles. The van der Waals surface area contributed by atoms with Crippen molar-refractivity contribution >= 4 is 11.8 Å². The second-order valence-electron chi connectivity index (χ2n) is 3.71. The molecule has 1 aromatic carbocycles. The third-order valence-electron chi connectivity index (χ3n) is 2.51. The third-order valence-corrected chi connectivity index (χ3v) is 2.51. The molecule has 1 aromatic heterocycles. The first kappa shape index (κ1) is 14.7. The average molecular weight is 251 g/mol. The van der Waals surface area contributed by atoms with Crippen LogP contribution in [0, 0.1) is 0 Å². The van der Waals surface area contributed by atoms with E-state index in [0.717, 1.165) is 0 Å². The van der Waals surface area contributed by atoms with E-state index in [4.69, 9.17) is 0 Å². The average Bonchev–Trinajstić information content (AvgIpc) is 2.72. The first-order valence-corrected chi connectivity index (χ1v) is 5.07. The summed E-state index contributed by atoms with van der Waals surface area (Å²) < 4.78 is 1.49. The molecule has 0 unspecified atom stereocenters. The van der Waals surface area contributed by atoms with Crippen molar-refractivity contribution in [3.05, 3.63) is 59.4 Å². The summed E-state index contributed by atoms with van der Waals surface area (Å²) in [6.45, 7) is 0. The number of nitrogens with zero attached hydrogens (tertiary/aromatic N) is 1. The topological polar surface area (TPSA) is 62.1 Å². The third kappa shape index (κ3) is 2.90. The minimum atomic E-state index is -1.28. The van der Waals surface area contributed by atoms with Crippen LogP contribution in [0.15, 0.2) is 42.6 Å². The Labute approximate surface area is 127 Å². The fourth-order valence-electron chi connectivity index (χ4n) is 1.64. The summed E-state index contributed by atoms with van der Waals surface area (Å²) in [6, 6.07) is 10.0. The first-order valence-electron chi connectivity index (χ1n) is 5.07. The molecule has 0 aliphatic carbocycles. The molecule has 0 atom stereocenters. The second-order valence-corrected chi connectivity index (χ2v) is 3.71. The molecule has 0 saturated carbocycles. The molecule has 18 heavy (non-hydrogen) atoms. The number of aromatic carboxylic acids is 1. The quantitative estimate of drug-likeness (QED) is 0.452. The fourth-order valence-corrected chi connectivity index (χ4v) is 1.64. The number of hydrogen-bond donors (Lipinski definition) is 0. The number of ketones is 1. The van der Waals surface area contributed by atoms with E-state index in [2.05, 4.69) is 0 Å². The number of aromatic nitrogens is 1. The number of hydrogen-bond acceptors (Lipinski definition) is 3. The van der Waals surface area contributed by atoms with E-state index in [1.165, 1.54) is 16.8 Å². The van der Waals surface area contributed by atoms with Gasteiger partial charge in [0.15, 0.2) is 0 Å². The zero-order valence-corrected chi connectivity index (χ0v) is 12.2. The summed E-state index contributed by atoms with van der Waals surface area (Å²) >= 11 is 0. The standard InChI is InChI=1S/C13H11NO3.Na/c1-14-8-10(13(16)17)7-11(14)12(15)9-5-3-2-4-6-9;/h2-8H,1H3,(H,16,17);/q;+1/p-1. The molecule has 0 bridgehead atoms. The Bertz CT molecular complexity index is 575. The molecular weight excluding hydrogens is 241 g/mol. The van der Waals surface area contributed by atoms with E-state index in [1.54, 1.807) is 31.3 Å². The summed E-state index contributed by atoms with van der Waals surface area (Å²) in [7, 11) is 1.63. The van der Waals surface area contributed by atoms with Gasteiger partial charge in [0.05, 0.1) is 11.7 Å². The Balaban J connectivity index is 0.00000162. The van der Waals surface area contributed by atoms with Gasteiger partial charge in [-0.15, -0.1) is 0 Å². The monoisotopic (exact) mass is 251 g/mol. The number of carbonyl (C=O) groups excluding carboxylic acids is 2. The van der Waals surface area contributed by atoms with Crippen molar-refractivity contribution in [2.24, 2.45) is 7.05 Å². The van der Waals surface area contributed by atoms with E-state index in [-0.39, 0.29) is 40.9 Å². The molecule has 0 amide bonds. The minimum absolute atomic E-state index is 0. The Morgan fingerprint density at radius 2 is 1.72 bits per heavy atom. The summed E-state index contributed by atoms with van der Waals surface area (Å²) in [5.41, 5.74) is 0.862. The predicted octanol–water partition coefficient (Wildman–Crippen LogP) is -2.38. The minimum Gasteiger partial charge on any atom is -0.545 e. The molecule has 0 N–H and O–H groups in total. The Hall–Kier alpha value is -1.36. The molecule has 0 fully saturated rings. The van der Waals surface area contributed by atoms with Crippen molar-refractivity contribution in [3.8, 4) is 0 Å². The Morgan fingerprint density at radius 1 is 1.11 bits per heavy atom. The van der Waals surface area contributed by atoms with E-state index in [1.807, 2.05) is 6.07 Å². The number of carboxylic acids is 1. The molecule has 0 aliphatic heterocycles. The van der Waals surface area contributed by atoms with Crippen LogP contribution in [-0.4, -0.2) is 16.3 Å². The zero-order chi connectivity index (χ0) is 12.4. The molecule has 2 aromatic rings. The number of carboxylic acid groups (broad SMARTS) is 1. The van der Waals surface area contributed by atoms with Crippen LogP contribution in [0.2, 0.25) is 0 Å². The van der Waals surface area contributed by atoms with Gasteiger partial charge in [0.1, 0.15) is 0 Å². The van der Waals surface area contributed by atoms with E-state index < -0.39 is 5.97 Å².